The van der Waals surface area contributed by atoms with Gasteiger partial charge in [-0.1, -0.05) is 170 Å². The maximum absolute atomic E-state index is 5.15. The number of rotatable bonds is 5. The third-order valence-electron chi connectivity index (χ3n) is 13.8. The summed E-state index contributed by atoms with van der Waals surface area (Å²) in [4.78, 5) is 19.4. The number of aromatic nitrogens is 3. The van der Waals surface area contributed by atoms with Crippen LogP contribution in [0.4, 0.5) is 34.1 Å². The number of benzene rings is 9. The average Bonchev–Trinajstić information content (AvgIpc) is 3.43. The molecule has 0 saturated heterocycles. The van der Waals surface area contributed by atoms with Gasteiger partial charge in [0.15, 0.2) is 5.82 Å². The van der Waals surface area contributed by atoms with E-state index in [0.717, 1.165) is 73.3 Å². The summed E-state index contributed by atoms with van der Waals surface area (Å²) < 4.78 is 0. The van der Waals surface area contributed by atoms with Gasteiger partial charge in [-0.05, 0) is 112 Å². The molecule has 0 radical (unpaired) electrons. The van der Waals surface area contributed by atoms with Crippen molar-refractivity contribution < 1.29 is 0 Å². The SMILES string of the molecule is c1ccc(-c2cc(-c3ccncc3)nc(-c3ccc(N4c5ccccc5C5(c6ccccc6-c6ccccc6N(c6ccccc6)c6ccccc6-c6ccccc65)c5ccccc54)cc3)n2)cc1. The second-order valence-electron chi connectivity index (χ2n) is 17.5. The van der Waals surface area contributed by atoms with Crippen molar-refractivity contribution in [3.05, 3.63) is 283 Å². The topological polar surface area (TPSA) is 45.2 Å². The highest BCUT2D eigenvalue weighted by Gasteiger charge is 2.49. The molecule has 0 N–H and O–H groups in total. The second kappa shape index (κ2) is 16.6. The molecule has 13 rings (SSSR count). The van der Waals surface area contributed by atoms with Crippen molar-refractivity contribution >= 4 is 34.1 Å². The van der Waals surface area contributed by atoms with Crippen molar-refractivity contribution in [3.8, 4) is 56.2 Å². The predicted molar refractivity (Wildman–Crippen MR) is 282 cm³/mol. The maximum Gasteiger partial charge on any atom is 0.160 e. The molecule has 5 nitrogen and oxygen atoms in total. The summed E-state index contributed by atoms with van der Waals surface area (Å²) in [6, 6.07) is 89.9. The minimum Gasteiger partial charge on any atom is -0.310 e. The molecule has 11 aromatic rings. The fourth-order valence-corrected chi connectivity index (χ4v) is 10.9. The minimum absolute atomic E-state index is 0.661. The van der Waals surface area contributed by atoms with Gasteiger partial charge >= 0.3 is 0 Å². The highest BCUT2D eigenvalue weighted by atomic mass is 15.2. The zero-order chi connectivity index (χ0) is 45.7. The van der Waals surface area contributed by atoms with Crippen molar-refractivity contribution in [2.45, 2.75) is 5.41 Å². The first kappa shape index (κ1) is 40.1. The van der Waals surface area contributed by atoms with Crippen LogP contribution in [0, 0.1) is 0 Å². The van der Waals surface area contributed by atoms with Gasteiger partial charge in [0.1, 0.15) is 0 Å². The summed E-state index contributed by atoms with van der Waals surface area (Å²) in [6.45, 7) is 0. The molecular formula is C64H43N5. The van der Waals surface area contributed by atoms with Gasteiger partial charge in [0.2, 0.25) is 0 Å². The van der Waals surface area contributed by atoms with Crippen LogP contribution in [0.25, 0.3) is 56.2 Å². The quantitative estimate of drug-likeness (QED) is 0.172. The molecular weight excluding hydrogens is 839 g/mol. The molecule has 0 unspecified atom stereocenters. The van der Waals surface area contributed by atoms with Gasteiger partial charge in [0.25, 0.3) is 0 Å². The van der Waals surface area contributed by atoms with Crippen molar-refractivity contribution in [2.24, 2.45) is 0 Å². The lowest BCUT2D eigenvalue weighted by Gasteiger charge is -2.48. The number of hydrogen-bond donors (Lipinski definition) is 0. The molecule has 0 fully saturated rings. The van der Waals surface area contributed by atoms with Crippen LogP contribution < -0.4 is 9.80 Å². The lowest BCUT2D eigenvalue weighted by atomic mass is 9.59. The minimum atomic E-state index is -0.763. The smallest absolute Gasteiger partial charge is 0.160 e. The molecule has 0 amide bonds. The van der Waals surface area contributed by atoms with Gasteiger partial charge in [-0.25, -0.2) is 9.97 Å². The summed E-state index contributed by atoms with van der Waals surface area (Å²) in [5.74, 6) is 0.661. The van der Waals surface area contributed by atoms with Gasteiger partial charge in [0.05, 0.1) is 39.6 Å². The van der Waals surface area contributed by atoms with Crippen LogP contribution in [0.3, 0.4) is 0 Å². The lowest BCUT2D eigenvalue weighted by Crippen LogP contribution is -2.38. The van der Waals surface area contributed by atoms with Gasteiger partial charge in [-0.15, -0.1) is 0 Å². The van der Waals surface area contributed by atoms with E-state index in [1.165, 1.54) is 33.4 Å². The van der Waals surface area contributed by atoms with E-state index in [4.69, 9.17) is 9.97 Å². The fraction of sp³-hybridized carbons (Fsp3) is 0.0156. The van der Waals surface area contributed by atoms with Crippen LogP contribution in [-0.2, 0) is 5.41 Å². The Labute approximate surface area is 402 Å². The maximum atomic E-state index is 5.15. The third kappa shape index (κ3) is 6.51. The molecule has 4 heterocycles. The number of pyridine rings is 1. The molecule has 0 bridgehead atoms. The van der Waals surface area contributed by atoms with E-state index in [2.05, 4.69) is 233 Å². The molecule has 69 heavy (non-hydrogen) atoms. The van der Waals surface area contributed by atoms with E-state index in [1.54, 1.807) is 12.4 Å². The van der Waals surface area contributed by atoms with Gasteiger partial charge < -0.3 is 9.80 Å². The highest BCUT2D eigenvalue weighted by Crippen LogP contribution is 2.62. The van der Waals surface area contributed by atoms with E-state index in [0.29, 0.717) is 5.82 Å². The van der Waals surface area contributed by atoms with Crippen LogP contribution in [0.15, 0.2) is 261 Å². The number of fused-ring (bicyclic) bond motifs is 12. The standard InChI is InChI=1S/C64H43N5/c1-3-19-44(20-4-1)57-43-58(45-39-41-65-42-40-45)67-63(66-57)46-35-37-48(38-36-46)69-61-33-17-13-29-55(61)64(56-30-14-18-34-62(56)69)53-27-11-7-23-49(53)51-25-9-15-31-59(51)68(47-21-5-2-6-22-47)60-32-16-10-26-52(60)50-24-8-12-28-54(50)64/h1-43H. The third-order valence-corrected chi connectivity index (χ3v) is 13.8. The summed E-state index contributed by atoms with van der Waals surface area (Å²) in [7, 11) is 0. The monoisotopic (exact) mass is 881 g/mol. The molecule has 9 aromatic carbocycles. The molecule has 0 aliphatic carbocycles. The summed E-state index contributed by atoms with van der Waals surface area (Å²) in [6.07, 6.45) is 3.61. The lowest BCUT2D eigenvalue weighted by molar-refractivity contribution is 0.734. The normalized spacial score (nSPS) is 13.0. The molecule has 1 spiro atoms. The van der Waals surface area contributed by atoms with Crippen LogP contribution >= 0.6 is 0 Å². The number of hydrogen-bond acceptors (Lipinski definition) is 5. The van der Waals surface area contributed by atoms with Crippen molar-refractivity contribution in [2.75, 3.05) is 9.80 Å². The zero-order valence-electron chi connectivity index (χ0n) is 37.6. The highest BCUT2D eigenvalue weighted by molar-refractivity contribution is 5.99. The Bertz CT molecular complexity index is 3490. The molecule has 2 aliphatic heterocycles. The molecule has 0 saturated carbocycles. The van der Waals surface area contributed by atoms with Crippen molar-refractivity contribution in [3.63, 3.8) is 0 Å². The summed E-state index contributed by atoms with van der Waals surface area (Å²) in [5.41, 5.74) is 20.0. The number of para-hydroxylation sites is 5. The molecule has 2 aromatic heterocycles. The zero-order valence-corrected chi connectivity index (χ0v) is 37.6. The number of anilines is 6. The van der Waals surface area contributed by atoms with Gasteiger partial charge in [-0.2, -0.15) is 0 Å². The van der Waals surface area contributed by atoms with Crippen LogP contribution in [-0.4, -0.2) is 15.0 Å². The first-order chi connectivity index (χ1) is 34.3. The van der Waals surface area contributed by atoms with Crippen molar-refractivity contribution in [1.29, 1.82) is 0 Å². The van der Waals surface area contributed by atoms with Crippen molar-refractivity contribution in [1.82, 2.24) is 15.0 Å². The molecule has 2 aliphatic rings. The Morgan fingerprint density at radius 2 is 0.681 bits per heavy atom. The summed E-state index contributed by atoms with van der Waals surface area (Å²) >= 11 is 0. The predicted octanol–water partition coefficient (Wildman–Crippen LogP) is 16.2. The van der Waals surface area contributed by atoms with E-state index in [-0.39, 0.29) is 0 Å². The first-order valence-electron chi connectivity index (χ1n) is 23.4. The largest absolute Gasteiger partial charge is 0.310 e. The fourth-order valence-electron chi connectivity index (χ4n) is 10.9. The Morgan fingerprint density at radius 3 is 1.22 bits per heavy atom. The molecule has 5 heteroatoms. The second-order valence-corrected chi connectivity index (χ2v) is 17.5. The molecule has 0 atom stereocenters. The van der Waals surface area contributed by atoms with Crippen LogP contribution in [0.2, 0.25) is 0 Å². The average molecular weight is 882 g/mol. The number of nitrogens with zero attached hydrogens (tertiary/aromatic N) is 5. The Balaban J connectivity index is 1.04. The van der Waals surface area contributed by atoms with Crippen LogP contribution in [0.1, 0.15) is 22.3 Å². The van der Waals surface area contributed by atoms with E-state index in [9.17, 15) is 0 Å². The Morgan fingerprint density at radius 1 is 0.290 bits per heavy atom. The van der Waals surface area contributed by atoms with Crippen LogP contribution in [0.5, 0.6) is 0 Å². The van der Waals surface area contributed by atoms with E-state index in [1.807, 2.05) is 30.3 Å². The van der Waals surface area contributed by atoms with E-state index < -0.39 is 5.41 Å². The first-order valence-corrected chi connectivity index (χ1v) is 23.4. The summed E-state index contributed by atoms with van der Waals surface area (Å²) in [5, 5.41) is 0. The Hall–Kier alpha value is -9.19. The Kier molecular flexibility index (Phi) is 9.65. The molecule has 324 valence electrons. The van der Waals surface area contributed by atoms with E-state index >= 15 is 0 Å². The van der Waals surface area contributed by atoms with Gasteiger partial charge in [0, 0.05) is 51.6 Å². The van der Waals surface area contributed by atoms with Gasteiger partial charge in [-0.3, -0.25) is 4.98 Å².